The number of carbonyl (C=O) groups is 2. The highest BCUT2D eigenvalue weighted by Crippen LogP contribution is 2.28. The average Bonchev–Trinajstić information content (AvgIpc) is 2.73. The fourth-order valence-electron chi connectivity index (χ4n) is 3.45. The van der Waals surface area contributed by atoms with E-state index >= 15 is 0 Å². The Morgan fingerprint density at radius 1 is 1.13 bits per heavy atom. The molecule has 1 heterocycles. The highest BCUT2D eigenvalue weighted by atomic mass is 35.5. The van der Waals surface area contributed by atoms with E-state index in [1.54, 1.807) is 12.1 Å². The summed E-state index contributed by atoms with van der Waals surface area (Å²) in [6.45, 7) is 9.21. The maximum absolute atomic E-state index is 9.10. The standard InChI is InChI=1S/C20H31Cl2NO2.C2H2O4/c1-3-5-6-11-23-12-9-16(20(15-23)24-4-2)10-13-25-17-7-8-18(21)19(22)14-17;3-1(4)2(5)6/h7-8,14,16,20H,3-6,9-13,15H2,1-2H3;(H,3,4)(H,5,6)/t16-,20-;/m0./s1. The van der Waals surface area contributed by atoms with Crippen LogP contribution in [0.2, 0.25) is 10.0 Å². The molecular weight excluding hydrogens is 445 g/mol. The lowest BCUT2D eigenvalue weighted by molar-refractivity contribution is -0.159. The van der Waals surface area contributed by atoms with Crippen LogP contribution in [0.4, 0.5) is 0 Å². The monoisotopic (exact) mass is 477 g/mol. The zero-order chi connectivity index (χ0) is 23.2. The van der Waals surface area contributed by atoms with E-state index in [4.69, 9.17) is 52.5 Å². The molecule has 0 spiro atoms. The molecule has 1 aliphatic heterocycles. The van der Waals surface area contributed by atoms with Gasteiger partial charge in [-0.1, -0.05) is 43.0 Å². The van der Waals surface area contributed by atoms with Crippen molar-refractivity contribution >= 4 is 35.1 Å². The van der Waals surface area contributed by atoms with E-state index in [1.807, 2.05) is 6.07 Å². The predicted octanol–water partition coefficient (Wildman–Crippen LogP) is 4.84. The fourth-order valence-corrected chi connectivity index (χ4v) is 3.73. The number of hydrogen-bond acceptors (Lipinski definition) is 5. The fraction of sp³-hybridized carbons (Fsp3) is 0.636. The first-order valence-corrected chi connectivity index (χ1v) is 11.4. The van der Waals surface area contributed by atoms with Crippen LogP contribution in [0.15, 0.2) is 18.2 Å². The van der Waals surface area contributed by atoms with Gasteiger partial charge in [0.15, 0.2) is 0 Å². The Hall–Kier alpha value is -1.54. The van der Waals surface area contributed by atoms with Gasteiger partial charge < -0.3 is 24.6 Å². The van der Waals surface area contributed by atoms with Crippen LogP contribution >= 0.6 is 23.2 Å². The Labute approximate surface area is 194 Å². The summed E-state index contributed by atoms with van der Waals surface area (Å²) < 4.78 is 11.9. The normalized spacial score (nSPS) is 18.7. The minimum absolute atomic E-state index is 0.317. The number of ether oxygens (including phenoxy) is 2. The van der Waals surface area contributed by atoms with Crippen molar-refractivity contribution in [1.29, 1.82) is 0 Å². The van der Waals surface area contributed by atoms with E-state index in [2.05, 4.69) is 18.7 Å². The highest BCUT2D eigenvalue weighted by Gasteiger charge is 2.29. The first kappa shape index (κ1) is 27.5. The van der Waals surface area contributed by atoms with Crippen molar-refractivity contribution in [1.82, 2.24) is 4.90 Å². The Morgan fingerprint density at radius 3 is 2.42 bits per heavy atom. The van der Waals surface area contributed by atoms with Gasteiger partial charge in [0, 0.05) is 19.2 Å². The topological polar surface area (TPSA) is 96.3 Å². The third-order valence-corrected chi connectivity index (χ3v) is 5.81. The van der Waals surface area contributed by atoms with Crippen LogP contribution in [0.25, 0.3) is 0 Å². The molecule has 1 aromatic carbocycles. The van der Waals surface area contributed by atoms with Crippen LogP contribution in [-0.4, -0.2) is 66.0 Å². The number of rotatable bonds is 10. The summed E-state index contributed by atoms with van der Waals surface area (Å²) in [6.07, 6.45) is 6.39. The summed E-state index contributed by atoms with van der Waals surface area (Å²) in [4.78, 5) is 20.8. The quantitative estimate of drug-likeness (QED) is 0.367. The average molecular weight is 478 g/mol. The summed E-state index contributed by atoms with van der Waals surface area (Å²) in [5, 5.41) is 15.9. The molecule has 0 unspecified atom stereocenters. The van der Waals surface area contributed by atoms with E-state index in [0.717, 1.165) is 25.3 Å². The molecule has 1 aromatic rings. The summed E-state index contributed by atoms with van der Waals surface area (Å²) in [5.74, 6) is -2.31. The molecule has 0 saturated carbocycles. The van der Waals surface area contributed by atoms with Gasteiger partial charge in [-0.05, 0) is 57.3 Å². The number of unbranched alkanes of at least 4 members (excludes halogenated alkanes) is 2. The SMILES string of the molecule is CCCCCN1CC[C@@H](CCOc2ccc(Cl)c(Cl)c2)[C@@H](OCC)C1.O=C(O)C(=O)O. The van der Waals surface area contributed by atoms with Crippen molar-refractivity contribution in [2.45, 2.75) is 52.1 Å². The van der Waals surface area contributed by atoms with Crippen molar-refractivity contribution in [3.63, 3.8) is 0 Å². The third kappa shape index (κ3) is 11.1. The largest absolute Gasteiger partial charge is 0.494 e. The predicted molar refractivity (Wildman–Crippen MR) is 121 cm³/mol. The van der Waals surface area contributed by atoms with Crippen molar-refractivity contribution in [3.05, 3.63) is 28.2 Å². The van der Waals surface area contributed by atoms with Crippen LogP contribution < -0.4 is 4.74 Å². The molecule has 0 bridgehead atoms. The van der Waals surface area contributed by atoms with Gasteiger partial charge in [0.1, 0.15) is 5.75 Å². The molecule has 1 aliphatic rings. The van der Waals surface area contributed by atoms with Gasteiger partial charge in [0.05, 0.1) is 22.8 Å². The Kier molecular flexibility index (Phi) is 13.6. The lowest BCUT2D eigenvalue weighted by Gasteiger charge is -2.38. The van der Waals surface area contributed by atoms with E-state index in [1.165, 1.54) is 38.8 Å². The molecule has 0 aromatic heterocycles. The van der Waals surface area contributed by atoms with Crippen molar-refractivity contribution in [2.24, 2.45) is 5.92 Å². The molecule has 2 atom stereocenters. The van der Waals surface area contributed by atoms with E-state index < -0.39 is 11.9 Å². The van der Waals surface area contributed by atoms with E-state index in [-0.39, 0.29) is 0 Å². The minimum Gasteiger partial charge on any atom is -0.494 e. The van der Waals surface area contributed by atoms with Gasteiger partial charge in [-0.3, -0.25) is 0 Å². The molecule has 0 radical (unpaired) electrons. The summed E-state index contributed by atoms with van der Waals surface area (Å²) in [6, 6.07) is 5.42. The Bertz CT molecular complexity index is 676. The zero-order valence-electron chi connectivity index (χ0n) is 18.2. The molecular formula is C22H33Cl2NO6. The number of likely N-dealkylation sites (tertiary alicyclic amines) is 1. The van der Waals surface area contributed by atoms with Crippen LogP contribution in [-0.2, 0) is 14.3 Å². The summed E-state index contributed by atoms with van der Waals surface area (Å²) in [7, 11) is 0. The molecule has 176 valence electrons. The molecule has 9 heteroatoms. The number of carboxylic acid groups (broad SMARTS) is 2. The minimum atomic E-state index is -1.82. The molecule has 7 nitrogen and oxygen atoms in total. The van der Waals surface area contributed by atoms with E-state index in [9.17, 15) is 0 Å². The number of nitrogens with zero attached hydrogens (tertiary/aromatic N) is 1. The van der Waals surface area contributed by atoms with Crippen LogP contribution in [0.1, 0.15) is 46.0 Å². The second kappa shape index (κ2) is 15.3. The van der Waals surface area contributed by atoms with Crippen molar-refractivity contribution in [2.75, 3.05) is 32.8 Å². The number of benzene rings is 1. The molecule has 1 fully saturated rings. The molecule has 0 aliphatic carbocycles. The number of carboxylic acids is 2. The molecule has 0 amide bonds. The van der Waals surface area contributed by atoms with Crippen LogP contribution in [0.3, 0.4) is 0 Å². The van der Waals surface area contributed by atoms with Gasteiger partial charge in [-0.15, -0.1) is 0 Å². The Morgan fingerprint density at radius 2 is 1.84 bits per heavy atom. The maximum atomic E-state index is 9.10. The maximum Gasteiger partial charge on any atom is 0.414 e. The molecule has 2 rings (SSSR count). The van der Waals surface area contributed by atoms with Gasteiger partial charge in [0.2, 0.25) is 0 Å². The van der Waals surface area contributed by atoms with Gasteiger partial charge in [0.25, 0.3) is 0 Å². The molecule has 31 heavy (non-hydrogen) atoms. The molecule has 1 saturated heterocycles. The second-order valence-corrected chi connectivity index (χ2v) is 8.19. The first-order valence-electron chi connectivity index (χ1n) is 10.7. The smallest absolute Gasteiger partial charge is 0.414 e. The van der Waals surface area contributed by atoms with Gasteiger partial charge in [-0.2, -0.15) is 0 Å². The lowest BCUT2D eigenvalue weighted by Crippen LogP contribution is -2.45. The van der Waals surface area contributed by atoms with Crippen molar-refractivity contribution < 1.29 is 29.3 Å². The number of aliphatic carboxylic acids is 2. The number of hydrogen-bond donors (Lipinski definition) is 2. The molecule has 2 N–H and O–H groups in total. The van der Waals surface area contributed by atoms with Gasteiger partial charge >= 0.3 is 11.9 Å². The third-order valence-electron chi connectivity index (χ3n) is 5.07. The Balaban J connectivity index is 0.000000703. The highest BCUT2D eigenvalue weighted by molar-refractivity contribution is 6.42. The van der Waals surface area contributed by atoms with Gasteiger partial charge in [-0.25, -0.2) is 9.59 Å². The number of halogens is 2. The van der Waals surface area contributed by atoms with Crippen LogP contribution in [0.5, 0.6) is 5.75 Å². The van der Waals surface area contributed by atoms with Crippen molar-refractivity contribution in [3.8, 4) is 5.75 Å². The summed E-state index contributed by atoms with van der Waals surface area (Å²) in [5.41, 5.74) is 0. The number of piperidine rings is 1. The lowest BCUT2D eigenvalue weighted by atomic mass is 9.90. The van der Waals surface area contributed by atoms with Crippen LogP contribution in [0, 0.1) is 5.92 Å². The zero-order valence-corrected chi connectivity index (χ0v) is 19.7. The van der Waals surface area contributed by atoms with E-state index in [0.29, 0.717) is 28.7 Å². The summed E-state index contributed by atoms with van der Waals surface area (Å²) >= 11 is 12.0. The first-order chi connectivity index (χ1) is 14.8. The second-order valence-electron chi connectivity index (χ2n) is 7.37.